The summed E-state index contributed by atoms with van der Waals surface area (Å²) in [5.74, 6) is 0.616. The second-order valence-electron chi connectivity index (χ2n) is 3.84. The first kappa shape index (κ1) is 10.0. The van der Waals surface area contributed by atoms with Crippen LogP contribution in [0.3, 0.4) is 0 Å². The Hall–Kier alpha value is -2.15. The Bertz CT molecular complexity index is 534. The van der Waals surface area contributed by atoms with E-state index in [0.29, 0.717) is 18.7 Å². The number of nitrogens with two attached hydrogens (primary N) is 1. The van der Waals surface area contributed by atoms with Gasteiger partial charge in [0.25, 0.3) is 5.89 Å². The number of carbonyl (C=O) groups excluding carboxylic acids is 1. The van der Waals surface area contributed by atoms with Gasteiger partial charge in [-0.2, -0.15) is 0 Å². The molecule has 17 heavy (non-hydrogen) atoms. The summed E-state index contributed by atoms with van der Waals surface area (Å²) in [5, 5.41) is 7.63. The molecular weight excluding hydrogens is 224 g/mol. The van der Waals surface area contributed by atoms with Gasteiger partial charge in [0.05, 0.1) is 6.26 Å². The van der Waals surface area contributed by atoms with Gasteiger partial charge in [0.1, 0.15) is 0 Å². The van der Waals surface area contributed by atoms with Crippen LogP contribution in [0.15, 0.2) is 27.2 Å². The van der Waals surface area contributed by atoms with Gasteiger partial charge in [-0.1, -0.05) is 5.10 Å². The molecule has 1 saturated heterocycles. The van der Waals surface area contributed by atoms with Gasteiger partial charge in [-0.25, -0.2) is 0 Å². The van der Waals surface area contributed by atoms with Crippen LogP contribution in [0.1, 0.15) is 6.42 Å². The molecule has 88 valence electrons. The standard InChI is InChI=1S/C10H10N4O3/c11-6-4-8(15)14(5-6)10-13-12-9(17-10)7-2-1-3-16-7/h1-3,6H,4-5,11H2. The quantitative estimate of drug-likeness (QED) is 0.807. The van der Waals surface area contributed by atoms with Crippen molar-refractivity contribution in [2.24, 2.45) is 5.73 Å². The highest BCUT2D eigenvalue weighted by Gasteiger charge is 2.31. The lowest BCUT2D eigenvalue weighted by atomic mass is 10.3. The number of hydrogen-bond acceptors (Lipinski definition) is 6. The third kappa shape index (κ3) is 1.70. The number of furan rings is 1. The van der Waals surface area contributed by atoms with Gasteiger partial charge in [-0.15, -0.1) is 5.10 Å². The zero-order chi connectivity index (χ0) is 11.8. The largest absolute Gasteiger partial charge is 0.459 e. The summed E-state index contributed by atoms with van der Waals surface area (Å²) in [6.07, 6.45) is 1.81. The Balaban J connectivity index is 1.88. The van der Waals surface area contributed by atoms with E-state index in [1.807, 2.05) is 0 Å². The van der Waals surface area contributed by atoms with Crippen LogP contribution in [0.2, 0.25) is 0 Å². The van der Waals surface area contributed by atoms with Gasteiger partial charge >= 0.3 is 6.01 Å². The molecule has 0 aromatic carbocycles. The smallest absolute Gasteiger partial charge is 0.325 e. The van der Waals surface area contributed by atoms with E-state index in [9.17, 15) is 4.79 Å². The molecule has 3 heterocycles. The van der Waals surface area contributed by atoms with Crippen molar-refractivity contribution < 1.29 is 13.6 Å². The lowest BCUT2D eigenvalue weighted by Gasteiger charge is -2.08. The molecule has 1 atom stereocenters. The predicted octanol–water partition coefficient (Wildman–Crippen LogP) is 0.394. The molecular formula is C10H10N4O3. The summed E-state index contributed by atoms with van der Waals surface area (Å²) in [5.41, 5.74) is 5.68. The average molecular weight is 234 g/mol. The Labute approximate surface area is 96.2 Å². The molecule has 1 aliphatic rings. The van der Waals surface area contributed by atoms with Gasteiger partial charge in [0.15, 0.2) is 5.76 Å². The molecule has 1 fully saturated rings. The van der Waals surface area contributed by atoms with Crippen molar-refractivity contribution >= 4 is 11.9 Å². The van der Waals surface area contributed by atoms with Crippen molar-refractivity contribution in [3.8, 4) is 11.7 Å². The first-order valence-electron chi connectivity index (χ1n) is 5.17. The topological polar surface area (TPSA) is 98.4 Å². The maximum atomic E-state index is 11.6. The van der Waals surface area contributed by atoms with Crippen LogP contribution >= 0.6 is 0 Å². The molecule has 1 aliphatic heterocycles. The fourth-order valence-corrected chi connectivity index (χ4v) is 1.74. The van der Waals surface area contributed by atoms with Crippen molar-refractivity contribution in [2.75, 3.05) is 11.4 Å². The lowest BCUT2D eigenvalue weighted by Crippen LogP contribution is -2.28. The zero-order valence-corrected chi connectivity index (χ0v) is 8.87. The molecule has 2 aromatic heterocycles. The number of aromatic nitrogens is 2. The van der Waals surface area contributed by atoms with E-state index in [1.165, 1.54) is 11.2 Å². The molecule has 1 amide bonds. The second kappa shape index (κ2) is 3.70. The number of carbonyl (C=O) groups is 1. The molecule has 3 rings (SSSR count). The van der Waals surface area contributed by atoms with Crippen molar-refractivity contribution in [3.05, 3.63) is 18.4 Å². The number of hydrogen-bond donors (Lipinski definition) is 1. The summed E-state index contributed by atoms with van der Waals surface area (Å²) in [7, 11) is 0. The molecule has 0 spiro atoms. The van der Waals surface area contributed by atoms with E-state index in [4.69, 9.17) is 14.6 Å². The maximum Gasteiger partial charge on any atom is 0.325 e. The molecule has 7 heteroatoms. The van der Waals surface area contributed by atoms with Gasteiger partial charge in [-0.3, -0.25) is 9.69 Å². The lowest BCUT2D eigenvalue weighted by molar-refractivity contribution is -0.117. The molecule has 0 bridgehead atoms. The van der Waals surface area contributed by atoms with Crippen LogP contribution in [0.25, 0.3) is 11.7 Å². The van der Waals surface area contributed by atoms with E-state index in [-0.39, 0.29) is 23.9 Å². The first-order valence-corrected chi connectivity index (χ1v) is 5.17. The molecule has 7 nitrogen and oxygen atoms in total. The van der Waals surface area contributed by atoms with Crippen LogP contribution in [-0.4, -0.2) is 28.7 Å². The summed E-state index contributed by atoms with van der Waals surface area (Å²) in [6.45, 7) is 0.401. The molecule has 2 N–H and O–H groups in total. The average Bonchev–Trinajstić information content (AvgIpc) is 2.97. The second-order valence-corrected chi connectivity index (χ2v) is 3.84. The molecule has 2 aromatic rings. The van der Waals surface area contributed by atoms with Crippen molar-refractivity contribution in [2.45, 2.75) is 12.5 Å². The van der Waals surface area contributed by atoms with Gasteiger partial charge in [0.2, 0.25) is 5.91 Å². The minimum absolute atomic E-state index is 0.104. The predicted molar refractivity (Wildman–Crippen MR) is 56.9 cm³/mol. The Morgan fingerprint density at radius 2 is 2.35 bits per heavy atom. The third-order valence-corrected chi connectivity index (χ3v) is 2.53. The van der Waals surface area contributed by atoms with Gasteiger partial charge < -0.3 is 14.6 Å². The zero-order valence-electron chi connectivity index (χ0n) is 8.87. The normalized spacial score (nSPS) is 20.2. The number of rotatable bonds is 2. The van der Waals surface area contributed by atoms with Crippen LogP contribution < -0.4 is 10.6 Å². The highest BCUT2D eigenvalue weighted by molar-refractivity contribution is 5.94. The Morgan fingerprint density at radius 3 is 3.00 bits per heavy atom. The fourth-order valence-electron chi connectivity index (χ4n) is 1.74. The molecule has 0 saturated carbocycles. The SMILES string of the molecule is NC1CC(=O)N(c2nnc(-c3ccco3)o2)C1. The van der Waals surface area contributed by atoms with E-state index >= 15 is 0 Å². The Morgan fingerprint density at radius 1 is 1.47 bits per heavy atom. The van der Waals surface area contributed by atoms with Crippen LogP contribution in [0.5, 0.6) is 0 Å². The molecule has 0 radical (unpaired) electrons. The molecule has 1 unspecified atom stereocenters. The van der Waals surface area contributed by atoms with E-state index in [1.54, 1.807) is 12.1 Å². The maximum absolute atomic E-state index is 11.6. The number of nitrogens with zero attached hydrogens (tertiary/aromatic N) is 3. The van der Waals surface area contributed by atoms with Gasteiger partial charge in [-0.05, 0) is 12.1 Å². The van der Waals surface area contributed by atoms with E-state index in [2.05, 4.69) is 10.2 Å². The number of anilines is 1. The highest BCUT2D eigenvalue weighted by Crippen LogP contribution is 2.24. The van der Waals surface area contributed by atoms with E-state index in [0.717, 1.165) is 0 Å². The summed E-state index contributed by atoms with van der Waals surface area (Å²) >= 11 is 0. The van der Waals surface area contributed by atoms with Crippen molar-refractivity contribution in [3.63, 3.8) is 0 Å². The minimum atomic E-state index is -0.179. The minimum Gasteiger partial charge on any atom is -0.459 e. The molecule has 0 aliphatic carbocycles. The fraction of sp³-hybridized carbons (Fsp3) is 0.300. The van der Waals surface area contributed by atoms with Crippen molar-refractivity contribution in [1.82, 2.24) is 10.2 Å². The van der Waals surface area contributed by atoms with Crippen LogP contribution in [0.4, 0.5) is 6.01 Å². The van der Waals surface area contributed by atoms with Gasteiger partial charge in [0, 0.05) is 19.0 Å². The van der Waals surface area contributed by atoms with E-state index < -0.39 is 0 Å². The summed E-state index contributed by atoms with van der Waals surface area (Å²) in [6, 6.07) is 3.40. The Kier molecular flexibility index (Phi) is 2.19. The monoisotopic (exact) mass is 234 g/mol. The highest BCUT2D eigenvalue weighted by atomic mass is 16.4. The summed E-state index contributed by atoms with van der Waals surface area (Å²) < 4.78 is 10.5. The number of amides is 1. The third-order valence-electron chi connectivity index (χ3n) is 2.53. The first-order chi connectivity index (χ1) is 8.24. The summed E-state index contributed by atoms with van der Waals surface area (Å²) in [4.78, 5) is 13.0. The van der Waals surface area contributed by atoms with Crippen molar-refractivity contribution in [1.29, 1.82) is 0 Å². The van der Waals surface area contributed by atoms with Crippen LogP contribution in [-0.2, 0) is 4.79 Å². The van der Waals surface area contributed by atoms with Crippen LogP contribution in [0, 0.1) is 0 Å².